The Labute approximate surface area is 143 Å². The smallest absolute Gasteiger partial charge is 0.251 e. The molecule has 2 N–H and O–H groups in total. The minimum atomic E-state index is -0.528. The van der Waals surface area contributed by atoms with Crippen LogP contribution < -0.4 is 10.6 Å². The fourth-order valence-electron chi connectivity index (χ4n) is 2.90. The molecule has 1 aliphatic rings. The number of benzene rings is 1. The highest BCUT2D eigenvalue weighted by molar-refractivity contribution is 6.30. The number of hydrogen-bond donors (Lipinski definition) is 2. The van der Waals surface area contributed by atoms with Crippen molar-refractivity contribution in [2.75, 3.05) is 0 Å². The van der Waals surface area contributed by atoms with Crippen molar-refractivity contribution in [3.63, 3.8) is 0 Å². The molecule has 0 bridgehead atoms. The Morgan fingerprint density at radius 2 is 1.70 bits per heavy atom. The summed E-state index contributed by atoms with van der Waals surface area (Å²) >= 11 is 5.84. The number of amides is 2. The Kier molecular flexibility index (Phi) is 6.46. The molecular formula is C18H25ClN2O2. The Hall–Kier alpha value is -1.55. The summed E-state index contributed by atoms with van der Waals surface area (Å²) in [5, 5.41) is 6.52. The van der Waals surface area contributed by atoms with Crippen LogP contribution in [0.2, 0.25) is 5.02 Å². The maximum atomic E-state index is 12.5. The van der Waals surface area contributed by atoms with E-state index in [2.05, 4.69) is 10.6 Å². The molecule has 0 aromatic heterocycles. The third kappa shape index (κ3) is 5.24. The first-order valence-electron chi connectivity index (χ1n) is 8.34. The van der Waals surface area contributed by atoms with E-state index in [1.165, 1.54) is 6.42 Å². The highest BCUT2D eigenvalue weighted by atomic mass is 35.5. The number of nitrogens with one attached hydrogen (secondary N) is 2. The Balaban J connectivity index is 1.98. The van der Waals surface area contributed by atoms with Gasteiger partial charge >= 0.3 is 0 Å². The standard InChI is InChI=1S/C18H25ClN2O2/c1-12(2)16(18(23)20-15-6-4-3-5-7-15)21-17(22)13-8-10-14(19)11-9-13/h8-12,15-16H,3-7H2,1-2H3,(H,20,23)(H,21,22)/t16-/m1/s1. The van der Waals surface area contributed by atoms with E-state index < -0.39 is 6.04 Å². The molecule has 2 rings (SSSR count). The maximum absolute atomic E-state index is 12.5. The summed E-state index contributed by atoms with van der Waals surface area (Å²) in [5.41, 5.74) is 0.505. The summed E-state index contributed by atoms with van der Waals surface area (Å²) in [6.07, 6.45) is 5.62. The molecule has 0 saturated heterocycles. The van der Waals surface area contributed by atoms with Crippen molar-refractivity contribution in [1.29, 1.82) is 0 Å². The average molecular weight is 337 g/mol. The number of carbonyl (C=O) groups is 2. The van der Waals surface area contributed by atoms with Gasteiger partial charge in [-0.05, 0) is 43.0 Å². The van der Waals surface area contributed by atoms with Gasteiger partial charge in [-0.3, -0.25) is 9.59 Å². The molecular weight excluding hydrogens is 312 g/mol. The fourth-order valence-corrected chi connectivity index (χ4v) is 3.02. The molecule has 0 radical (unpaired) electrons. The number of halogens is 1. The molecule has 0 unspecified atom stereocenters. The summed E-state index contributed by atoms with van der Waals surface area (Å²) in [7, 11) is 0. The first-order chi connectivity index (χ1) is 11.0. The summed E-state index contributed by atoms with van der Waals surface area (Å²) in [5.74, 6) is -0.316. The van der Waals surface area contributed by atoms with Gasteiger partial charge in [0.1, 0.15) is 6.04 Å². The zero-order chi connectivity index (χ0) is 16.8. The van der Waals surface area contributed by atoms with Crippen molar-refractivity contribution < 1.29 is 9.59 Å². The number of hydrogen-bond acceptors (Lipinski definition) is 2. The van der Waals surface area contributed by atoms with Crippen LogP contribution in [0.5, 0.6) is 0 Å². The second kappa shape index (κ2) is 8.34. The lowest BCUT2D eigenvalue weighted by molar-refractivity contribution is -0.124. The topological polar surface area (TPSA) is 58.2 Å². The van der Waals surface area contributed by atoms with Crippen molar-refractivity contribution >= 4 is 23.4 Å². The largest absolute Gasteiger partial charge is 0.352 e. The van der Waals surface area contributed by atoms with Crippen LogP contribution in [0.1, 0.15) is 56.3 Å². The van der Waals surface area contributed by atoms with E-state index in [0.29, 0.717) is 10.6 Å². The van der Waals surface area contributed by atoms with Crippen molar-refractivity contribution in [2.45, 2.75) is 58.0 Å². The molecule has 126 valence electrons. The van der Waals surface area contributed by atoms with Crippen molar-refractivity contribution in [3.05, 3.63) is 34.9 Å². The lowest BCUT2D eigenvalue weighted by Gasteiger charge is -2.27. The van der Waals surface area contributed by atoms with Gasteiger partial charge in [0.05, 0.1) is 0 Å². The van der Waals surface area contributed by atoms with Crippen molar-refractivity contribution in [1.82, 2.24) is 10.6 Å². The lowest BCUT2D eigenvalue weighted by atomic mass is 9.94. The second-order valence-corrected chi connectivity index (χ2v) is 6.98. The molecule has 1 aromatic rings. The van der Waals surface area contributed by atoms with Gasteiger partial charge in [0.15, 0.2) is 0 Å². The van der Waals surface area contributed by atoms with E-state index in [1.807, 2.05) is 13.8 Å². The van der Waals surface area contributed by atoms with Crippen LogP contribution in [0.3, 0.4) is 0 Å². The van der Waals surface area contributed by atoms with Gasteiger partial charge in [-0.1, -0.05) is 44.7 Å². The molecule has 1 fully saturated rings. The first kappa shape index (κ1) is 17.8. The van der Waals surface area contributed by atoms with Gasteiger partial charge in [-0.25, -0.2) is 0 Å². The molecule has 0 spiro atoms. The van der Waals surface area contributed by atoms with Crippen LogP contribution >= 0.6 is 11.6 Å². The Morgan fingerprint density at radius 3 is 2.26 bits per heavy atom. The van der Waals surface area contributed by atoms with E-state index in [-0.39, 0.29) is 23.8 Å². The molecule has 0 heterocycles. The minimum absolute atomic E-state index is 0.0230. The van der Waals surface area contributed by atoms with Crippen LogP contribution in [-0.2, 0) is 4.79 Å². The minimum Gasteiger partial charge on any atom is -0.352 e. The molecule has 1 aliphatic carbocycles. The molecule has 5 heteroatoms. The highest BCUT2D eigenvalue weighted by Gasteiger charge is 2.27. The van der Waals surface area contributed by atoms with E-state index in [1.54, 1.807) is 24.3 Å². The van der Waals surface area contributed by atoms with Gasteiger partial charge in [0.2, 0.25) is 5.91 Å². The predicted molar refractivity (Wildman–Crippen MR) is 92.6 cm³/mol. The molecule has 2 amide bonds. The fraction of sp³-hybridized carbons (Fsp3) is 0.556. The van der Waals surface area contributed by atoms with Crippen LogP contribution in [0, 0.1) is 5.92 Å². The number of carbonyl (C=O) groups excluding carboxylic acids is 2. The zero-order valence-electron chi connectivity index (χ0n) is 13.8. The van der Waals surface area contributed by atoms with Gasteiger partial charge in [-0.15, -0.1) is 0 Å². The Bertz CT molecular complexity index is 536. The van der Waals surface area contributed by atoms with Gasteiger partial charge in [-0.2, -0.15) is 0 Å². The van der Waals surface area contributed by atoms with Crippen molar-refractivity contribution in [3.8, 4) is 0 Å². The van der Waals surface area contributed by atoms with E-state index in [4.69, 9.17) is 11.6 Å². The lowest BCUT2D eigenvalue weighted by Crippen LogP contribution is -2.52. The predicted octanol–water partition coefficient (Wildman–Crippen LogP) is 3.54. The monoisotopic (exact) mass is 336 g/mol. The first-order valence-corrected chi connectivity index (χ1v) is 8.72. The summed E-state index contributed by atoms with van der Waals surface area (Å²) in [6, 6.07) is 6.37. The second-order valence-electron chi connectivity index (χ2n) is 6.55. The van der Waals surface area contributed by atoms with Gasteiger partial charge in [0, 0.05) is 16.6 Å². The maximum Gasteiger partial charge on any atom is 0.251 e. The molecule has 4 nitrogen and oxygen atoms in total. The highest BCUT2D eigenvalue weighted by Crippen LogP contribution is 2.18. The summed E-state index contributed by atoms with van der Waals surface area (Å²) in [6.45, 7) is 3.88. The average Bonchev–Trinajstić information content (AvgIpc) is 2.53. The SMILES string of the molecule is CC(C)[C@@H](NC(=O)c1ccc(Cl)cc1)C(=O)NC1CCCCC1. The van der Waals surface area contributed by atoms with Gasteiger partial charge in [0.25, 0.3) is 5.91 Å². The third-order valence-electron chi connectivity index (χ3n) is 4.29. The number of rotatable bonds is 5. The molecule has 23 heavy (non-hydrogen) atoms. The van der Waals surface area contributed by atoms with E-state index in [0.717, 1.165) is 25.7 Å². The van der Waals surface area contributed by atoms with Gasteiger partial charge < -0.3 is 10.6 Å². The van der Waals surface area contributed by atoms with Crippen LogP contribution in [0.25, 0.3) is 0 Å². The quantitative estimate of drug-likeness (QED) is 0.864. The summed E-state index contributed by atoms with van der Waals surface area (Å²) < 4.78 is 0. The molecule has 1 aromatic carbocycles. The van der Waals surface area contributed by atoms with E-state index >= 15 is 0 Å². The molecule has 1 saturated carbocycles. The van der Waals surface area contributed by atoms with Crippen molar-refractivity contribution in [2.24, 2.45) is 5.92 Å². The zero-order valence-corrected chi connectivity index (χ0v) is 14.5. The Morgan fingerprint density at radius 1 is 1.09 bits per heavy atom. The summed E-state index contributed by atoms with van der Waals surface area (Å²) in [4.78, 5) is 24.9. The van der Waals surface area contributed by atoms with Crippen LogP contribution in [-0.4, -0.2) is 23.9 Å². The van der Waals surface area contributed by atoms with Crippen LogP contribution in [0.15, 0.2) is 24.3 Å². The molecule has 0 aliphatic heterocycles. The molecule has 1 atom stereocenters. The third-order valence-corrected chi connectivity index (χ3v) is 4.55. The van der Waals surface area contributed by atoms with Crippen LogP contribution in [0.4, 0.5) is 0 Å². The van der Waals surface area contributed by atoms with E-state index in [9.17, 15) is 9.59 Å². The normalized spacial score (nSPS) is 16.9.